The Kier molecular flexibility index (Phi) is 39.1. The monoisotopic (exact) mass is 1390 g/mol. The summed E-state index contributed by atoms with van der Waals surface area (Å²) in [5, 5.41) is 54.0. The van der Waals surface area contributed by atoms with Gasteiger partial charge in [0.2, 0.25) is 11.8 Å². The van der Waals surface area contributed by atoms with E-state index in [-0.39, 0.29) is 101 Å². The standard InChI is InChI=1S/C26H32N2O8S2.C13H19NO6.C13H13NO2S2.C12H22N2O4/c1-25(17-27,11-10-21(30)31)26(2,18-38-22(37)19-7-4-3-5-8-19)23(32)34-15-16-36-24(33)35-14-13-28-12-6-9-20(28)29;1-10(2)12(16)18-8-9-20-13(17)19-7-6-14-5-3-4-11(14)15;1-13(9-14,8-7-11(15)16)18-12(17)10-5-3-2-4-6-10;1-11(2,6-5-10(16)17)13-14-12(3,4)7-8-18-9-15/h3-5,7-8H,6,9-16,18H2,1-2H3,(H,30,31);1,3-9H2,2H3;2-6H,7-8H2,1H3,(H,15,16);9H,5-8H2,1-4H3,(H,16,17). The third-order valence-electron chi connectivity index (χ3n) is 14.0. The van der Waals surface area contributed by atoms with Gasteiger partial charge in [0.05, 0.1) is 62.1 Å². The van der Waals surface area contributed by atoms with E-state index in [1.807, 2.05) is 88.4 Å². The number of rotatable bonds is 35. The average molecular weight is 1390 g/mol. The molecule has 2 amide bonds. The molecule has 3 unspecified atom stereocenters. The Balaban J connectivity index is 0.000000671. The zero-order valence-electron chi connectivity index (χ0n) is 54.4. The number of aliphatic carboxylic acids is 3. The molecule has 2 saturated heterocycles. The van der Waals surface area contributed by atoms with Gasteiger partial charge in [-0.3, -0.25) is 33.6 Å². The number of esters is 2. The predicted octanol–water partition coefficient (Wildman–Crippen LogP) is 10.4. The van der Waals surface area contributed by atoms with E-state index < -0.39 is 68.8 Å². The van der Waals surface area contributed by atoms with Crippen molar-refractivity contribution in [2.75, 3.05) is 78.2 Å². The molecule has 2 aliphatic rings. The molecule has 3 N–H and O–H groups in total. The Morgan fingerprint density at radius 3 is 1.46 bits per heavy atom. The molecule has 0 saturated carbocycles. The molecular weight excluding hydrogens is 1300 g/mol. The van der Waals surface area contributed by atoms with Gasteiger partial charge in [0.1, 0.15) is 44.4 Å². The van der Waals surface area contributed by atoms with Gasteiger partial charge < -0.3 is 58.3 Å². The molecule has 2 heterocycles. The Labute approximate surface area is 567 Å². The summed E-state index contributed by atoms with van der Waals surface area (Å²) in [5.41, 5.74) is -1.78. The number of hydrogen-bond acceptors (Lipinski definition) is 25. The van der Waals surface area contributed by atoms with Crippen LogP contribution in [0.3, 0.4) is 0 Å². The first-order valence-corrected chi connectivity index (χ1v) is 32.4. The highest BCUT2D eigenvalue weighted by Crippen LogP contribution is 2.46. The molecule has 30 heteroatoms. The number of hydrogen-bond donors (Lipinski definition) is 3. The number of carboxylic acid groups (broad SMARTS) is 3. The zero-order chi connectivity index (χ0) is 71.0. The van der Waals surface area contributed by atoms with Crippen LogP contribution in [0, 0.1) is 33.5 Å². The number of carbonyl (C=O) groups excluding carboxylic acids is 7. The molecule has 94 heavy (non-hydrogen) atoms. The van der Waals surface area contributed by atoms with Crippen molar-refractivity contribution >= 4 is 117 Å². The molecule has 2 aliphatic heterocycles. The summed E-state index contributed by atoms with van der Waals surface area (Å²) in [6.45, 7) is 19.3. The van der Waals surface area contributed by atoms with E-state index in [1.54, 1.807) is 23.6 Å². The van der Waals surface area contributed by atoms with E-state index in [0.717, 1.165) is 24.0 Å². The number of benzene rings is 2. The molecule has 0 bridgehead atoms. The lowest BCUT2D eigenvalue weighted by Gasteiger charge is -2.39. The molecule has 26 nitrogen and oxygen atoms in total. The van der Waals surface area contributed by atoms with Crippen molar-refractivity contribution in [2.24, 2.45) is 21.1 Å². The molecule has 2 fully saturated rings. The number of azo groups is 1. The first-order chi connectivity index (χ1) is 44.2. The maximum absolute atomic E-state index is 13.3. The lowest BCUT2D eigenvalue weighted by molar-refractivity contribution is -0.161. The Bertz CT molecular complexity index is 3000. The summed E-state index contributed by atoms with van der Waals surface area (Å²) in [7, 11) is 0. The topological polar surface area (TPSA) is 375 Å². The quantitative estimate of drug-likeness (QED) is 0.0110. The van der Waals surface area contributed by atoms with Crippen molar-refractivity contribution in [3.8, 4) is 12.1 Å². The smallest absolute Gasteiger partial charge is 0.481 e. The number of thiocarbonyl (C=S) groups is 2. The van der Waals surface area contributed by atoms with Crippen molar-refractivity contribution < 1.29 is 96.4 Å². The first kappa shape index (κ1) is 84.0. The van der Waals surface area contributed by atoms with Gasteiger partial charge >= 0.3 is 42.2 Å². The van der Waals surface area contributed by atoms with Crippen molar-refractivity contribution in [1.82, 2.24) is 9.80 Å². The van der Waals surface area contributed by atoms with Crippen LogP contribution < -0.4 is 0 Å². The van der Waals surface area contributed by atoms with Crippen molar-refractivity contribution in [2.45, 2.75) is 142 Å². The lowest BCUT2D eigenvalue weighted by Crippen LogP contribution is -2.47. The number of carboxylic acids is 3. The van der Waals surface area contributed by atoms with Crippen LogP contribution in [0.5, 0.6) is 0 Å². The van der Waals surface area contributed by atoms with Gasteiger partial charge in [-0.1, -0.05) is 103 Å². The van der Waals surface area contributed by atoms with E-state index in [1.165, 1.54) is 37.4 Å². The van der Waals surface area contributed by atoms with E-state index in [9.17, 15) is 63.6 Å². The van der Waals surface area contributed by atoms with Crippen LogP contribution >= 0.6 is 48.0 Å². The molecule has 4 rings (SSSR count). The summed E-state index contributed by atoms with van der Waals surface area (Å²) in [4.78, 5) is 116. The Hall–Kier alpha value is -8.06. The van der Waals surface area contributed by atoms with Gasteiger partial charge in [-0.05, 0) is 98.6 Å². The van der Waals surface area contributed by atoms with Crippen LogP contribution in [0.4, 0.5) is 9.59 Å². The molecule has 0 radical (unpaired) electrons. The van der Waals surface area contributed by atoms with Crippen LogP contribution in [0.25, 0.3) is 0 Å². The van der Waals surface area contributed by atoms with Crippen LogP contribution in [0.15, 0.2) is 83.0 Å². The number of ether oxygens (including phenoxy) is 7. The number of carbonyl (C=O) groups is 10. The van der Waals surface area contributed by atoms with Crippen molar-refractivity contribution in [3.05, 3.63) is 83.9 Å². The summed E-state index contributed by atoms with van der Waals surface area (Å²) in [6, 6.07) is 22.9. The minimum absolute atomic E-state index is 0.00885. The second-order valence-electron chi connectivity index (χ2n) is 23.0. The minimum atomic E-state index is -1.43. The average Bonchev–Trinajstić information content (AvgIpc) is 0.899. The van der Waals surface area contributed by atoms with Gasteiger partial charge in [0, 0.05) is 62.9 Å². The van der Waals surface area contributed by atoms with Crippen LogP contribution in [-0.4, -0.2) is 188 Å². The van der Waals surface area contributed by atoms with E-state index >= 15 is 0 Å². The lowest BCUT2D eigenvalue weighted by atomic mass is 9.65. The van der Waals surface area contributed by atoms with Crippen LogP contribution in [0.1, 0.15) is 137 Å². The highest BCUT2D eigenvalue weighted by atomic mass is 32.2. The summed E-state index contributed by atoms with van der Waals surface area (Å²) in [5.74, 6) is -3.92. The predicted molar refractivity (Wildman–Crippen MR) is 355 cm³/mol. The van der Waals surface area contributed by atoms with Crippen LogP contribution in [-0.2, 0) is 71.5 Å². The maximum atomic E-state index is 13.3. The molecule has 0 aliphatic carbocycles. The second-order valence-corrected chi connectivity index (χ2v) is 26.8. The fourth-order valence-electron chi connectivity index (χ4n) is 7.82. The highest BCUT2D eigenvalue weighted by Gasteiger charge is 2.52. The summed E-state index contributed by atoms with van der Waals surface area (Å²) >= 11 is 13.2. The number of likely N-dealkylation sites (tertiary alicyclic amines) is 2. The first-order valence-electron chi connectivity index (χ1n) is 29.8. The molecule has 0 spiro atoms. The van der Waals surface area contributed by atoms with E-state index in [0.29, 0.717) is 66.8 Å². The Morgan fingerprint density at radius 2 is 1.03 bits per heavy atom. The number of amides is 2. The van der Waals surface area contributed by atoms with Crippen molar-refractivity contribution in [3.63, 3.8) is 0 Å². The SMILES string of the molecule is C=C(C)C(=O)OCCOC(=O)OCCN1CCCC1=O.CC(C#N)(CCC(=O)O)C(C)(CSC(=S)c1ccccc1)C(=O)OCCOC(=O)OCCN1CCCC1=O.CC(C#N)(CCC(=O)O)SC(=S)c1ccccc1.CC(C)(CCOC=O)N=NC(C)(C)CCC(=O)O. The maximum Gasteiger partial charge on any atom is 0.508 e. The second kappa shape index (κ2) is 43.8. The summed E-state index contributed by atoms with van der Waals surface area (Å²) < 4.78 is 34.4. The third kappa shape index (κ3) is 34.7. The van der Waals surface area contributed by atoms with Gasteiger partial charge in [0.25, 0.3) is 6.47 Å². The van der Waals surface area contributed by atoms with E-state index in [2.05, 4.69) is 33.7 Å². The van der Waals surface area contributed by atoms with Gasteiger partial charge in [-0.25, -0.2) is 14.4 Å². The van der Waals surface area contributed by atoms with Gasteiger partial charge in [0.15, 0.2) is 0 Å². The van der Waals surface area contributed by atoms with Gasteiger partial charge in [-0.15, -0.1) is 11.8 Å². The highest BCUT2D eigenvalue weighted by molar-refractivity contribution is 8.24. The molecular formula is C64H86N6O20S4. The number of thioether (sulfide) groups is 2. The molecule has 2 aromatic carbocycles. The molecule has 0 aromatic heterocycles. The minimum Gasteiger partial charge on any atom is -0.481 e. The molecule has 2 aromatic rings. The normalized spacial score (nSPS) is 14.4. The fraction of sp³-hybridized carbons (Fsp3) is 0.562. The fourth-order valence-corrected chi connectivity index (χ4v) is 10.9. The number of nitrogens with zero attached hydrogens (tertiary/aromatic N) is 6. The summed E-state index contributed by atoms with van der Waals surface area (Å²) in [6.07, 6.45) is 1.81. The third-order valence-corrected chi connectivity index (χ3v) is 17.5. The van der Waals surface area contributed by atoms with E-state index in [4.69, 9.17) is 63.1 Å². The number of nitriles is 2. The zero-order valence-corrected chi connectivity index (χ0v) is 57.7. The molecule has 516 valence electrons. The Morgan fingerprint density at radius 1 is 0.606 bits per heavy atom. The van der Waals surface area contributed by atoms with Crippen LogP contribution in [0.2, 0.25) is 0 Å². The van der Waals surface area contributed by atoms with Gasteiger partial charge in [-0.2, -0.15) is 20.8 Å². The largest absolute Gasteiger partial charge is 0.508 e. The van der Waals surface area contributed by atoms with Crippen molar-refractivity contribution in [1.29, 1.82) is 10.5 Å². The molecule has 3 atom stereocenters.